The van der Waals surface area contributed by atoms with Crippen molar-refractivity contribution in [1.29, 1.82) is 0 Å². The van der Waals surface area contributed by atoms with Gasteiger partial charge in [-0.2, -0.15) is 12.7 Å². The van der Waals surface area contributed by atoms with Gasteiger partial charge in [-0.3, -0.25) is 9.20 Å². The number of amides is 1. The number of alkyl halides is 1. The van der Waals surface area contributed by atoms with Gasteiger partial charge in [-0.05, 0) is 36.8 Å². The van der Waals surface area contributed by atoms with E-state index in [1.165, 1.54) is 29.8 Å². The van der Waals surface area contributed by atoms with Crippen molar-refractivity contribution in [3.63, 3.8) is 0 Å². The first-order chi connectivity index (χ1) is 19.2. The van der Waals surface area contributed by atoms with Crippen LogP contribution in [0.5, 0.6) is 5.75 Å². The zero-order chi connectivity index (χ0) is 28.4. The molecule has 0 saturated carbocycles. The van der Waals surface area contributed by atoms with Crippen molar-refractivity contribution < 1.29 is 31.5 Å². The maximum absolute atomic E-state index is 14.9. The summed E-state index contributed by atoms with van der Waals surface area (Å²) in [6.07, 6.45) is 3.79. The zero-order valence-corrected chi connectivity index (χ0v) is 23.2. The van der Waals surface area contributed by atoms with Gasteiger partial charge in [0.05, 0.1) is 31.1 Å². The molecule has 5 rings (SSSR count). The van der Waals surface area contributed by atoms with Crippen LogP contribution >= 0.6 is 0 Å². The van der Waals surface area contributed by atoms with Crippen LogP contribution in [0.4, 0.5) is 14.5 Å². The van der Waals surface area contributed by atoms with E-state index in [9.17, 15) is 22.0 Å². The van der Waals surface area contributed by atoms with Gasteiger partial charge in [0.15, 0.2) is 0 Å². The molecule has 1 aromatic carbocycles. The van der Waals surface area contributed by atoms with Gasteiger partial charge in [0, 0.05) is 51.2 Å². The van der Waals surface area contributed by atoms with Gasteiger partial charge in [0.2, 0.25) is 0 Å². The summed E-state index contributed by atoms with van der Waals surface area (Å²) in [5.74, 6) is -0.788. The molecule has 2 atom stereocenters. The maximum atomic E-state index is 14.9. The van der Waals surface area contributed by atoms with Crippen LogP contribution in [0.25, 0.3) is 5.65 Å². The molecule has 2 fully saturated rings. The number of carbonyl (C=O) groups is 1. The lowest BCUT2D eigenvalue weighted by molar-refractivity contribution is 0.0250. The van der Waals surface area contributed by atoms with Crippen molar-refractivity contribution >= 4 is 27.5 Å². The number of halogens is 2. The number of ether oxygens (including phenoxy) is 2. The number of rotatable bonds is 9. The predicted molar refractivity (Wildman–Crippen MR) is 145 cm³/mol. The standard InChI is InChI=1S/C27H33F2N5O5S/c1-3-10-32(2)40(36,37)31-27(35)24-15-30-26-7-5-20(17-34(24)26)33-16-19(29)14-23(33)22-13-18(28)4-6-25(22)39-21-8-11-38-12-9-21/h4-7,13,15,17,19,21,23H,3,8-12,14,16H2,1-2H3,(H,31,35)/t19-,23+/m0/s1. The molecule has 0 radical (unpaired) electrons. The second-order valence-corrected chi connectivity index (χ2v) is 11.9. The molecule has 216 valence electrons. The van der Waals surface area contributed by atoms with E-state index in [4.69, 9.17) is 9.47 Å². The minimum atomic E-state index is -4.04. The Morgan fingerprint density at radius 1 is 1.25 bits per heavy atom. The molecule has 2 aromatic heterocycles. The summed E-state index contributed by atoms with van der Waals surface area (Å²) in [6.45, 7) is 3.30. The second-order valence-electron chi connectivity index (χ2n) is 10.1. The highest BCUT2D eigenvalue weighted by Gasteiger charge is 2.36. The molecule has 4 heterocycles. The van der Waals surface area contributed by atoms with Crippen molar-refractivity contribution in [3.8, 4) is 5.75 Å². The smallest absolute Gasteiger partial charge is 0.303 e. The minimum absolute atomic E-state index is 0.00663. The molecule has 0 unspecified atom stereocenters. The molecule has 3 aromatic rings. The SMILES string of the molecule is CCCN(C)S(=O)(=O)NC(=O)c1cnc2ccc(N3C[C@@H](F)C[C@@H]3c3cc(F)ccc3OC3CCOCC3)cn12. The molecule has 2 saturated heterocycles. The number of anilines is 1. The number of benzene rings is 1. The number of nitrogens with zero attached hydrogens (tertiary/aromatic N) is 4. The average Bonchev–Trinajstić information content (AvgIpc) is 3.53. The van der Waals surface area contributed by atoms with Crippen LogP contribution in [0.1, 0.15) is 54.7 Å². The van der Waals surface area contributed by atoms with Gasteiger partial charge in [0.25, 0.3) is 5.91 Å². The first-order valence-electron chi connectivity index (χ1n) is 13.4. The number of nitrogens with one attached hydrogen (secondary N) is 1. The summed E-state index contributed by atoms with van der Waals surface area (Å²) >= 11 is 0. The van der Waals surface area contributed by atoms with Crippen LogP contribution in [-0.2, 0) is 14.9 Å². The summed E-state index contributed by atoms with van der Waals surface area (Å²) < 4.78 is 70.7. The Bertz CT molecular complexity index is 1480. The number of fused-ring (bicyclic) bond motifs is 1. The van der Waals surface area contributed by atoms with Crippen LogP contribution in [0.2, 0.25) is 0 Å². The van der Waals surface area contributed by atoms with E-state index in [0.717, 1.165) is 4.31 Å². The van der Waals surface area contributed by atoms with Crippen LogP contribution in [0.15, 0.2) is 42.7 Å². The van der Waals surface area contributed by atoms with E-state index in [2.05, 4.69) is 9.71 Å². The second kappa shape index (κ2) is 11.7. The summed E-state index contributed by atoms with van der Waals surface area (Å²) in [6, 6.07) is 7.19. The lowest BCUT2D eigenvalue weighted by Gasteiger charge is -2.30. The Labute approximate surface area is 232 Å². The molecule has 0 aliphatic carbocycles. The van der Waals surface area contributed by atoms with Crippen molar-refractivity contribution in [2.75, 3.05) is 38.3 Å². The van der Waals surface area contributed by atoms with Crippen LogP contribution in [0.3, 0.4) is 0 Å². The number of pyridine rings is 1. The van der Waals surface area contributed by atoms with E-state index in [1.807, 2.05) is 11.8 Å². The van der Waals surface area contributed by atoms with Crippen LogP contribution in [-0.4, -0.2) is 73.6 Å². The van der Waals surface area contributed by atoms with Crippen molar-refractivity contribution in [3.05, 3.63) is 59.8 Å². The summed E-state index contributed by atoms with van der Waals surface area (Å²) in [5.41, 5.74) is 1.53. The van der Waals surface area contributed by atoms with Gasteiger partial charge < -0.3 is 14.4 Å². The van der Waals surface area contributed by atoms with Crippen LogP contribution in [0, 0.1) is 5.82 Å². The Morgan fingerprint density at radius 2 is 2.02 bits per heavy atom. The highest BCUT2D eigenvalue weighted by atomic mass is 32.2. The molecule has 40 heavy (non-hydrogen) atoms. The van der Waals surface area contributed by atoms with Crippen molar-refractivity contribution in [2.24, 2.45) is 0 Å². The predicted octanol–water partition coefficient (Wildman–Crippen LogP) is 3.64. The largest absolute Gasteiger partial charge is 0.490 e. The molecule has 13 heteroatoms. The fraction of sp³-hybridized carbons (Fsp3) is 0.481. The van der Waals surface area contributed by atoms with Crippen molar-refractivity contribution in [2.45, 2.75) is 50.9 Å². The normalized spacial score (nSPS) is 20.4. The maximum Gasteiger partial charge on any atom is 0.303 e. The van der Waals surface area contributed by atoms with E-state index in [-0.39, 0.29) is 31.3 Å². The van der Waals surface area contributed by atoms with Gasteiger partial charge in [0.1, 0.15) is 35.2 Å². The Morgan fingerprint density at radius 3 is 2.77 bits per heavy atom. The average molecular weight is 578 g/mol. The van der Waals surface area contributed by atoms with Crippen LogP contribution < -0.4 is 14.4 Å². The fourth-order valence-corrected chi connectivity index (χ4v) is 6.13. The Hall–Kier alpha value is -3.29. The summed E-state index contributed by atoms with van der Waals surface area (Å²) in [4.78, 5) is 19.0. The third-order valence-corrected chi connectivity index (χ3v) is 8.71. The van der Waals surface area contributed by atoms with E-state index < -0.39 is 34.1 Å². The van der Waals surface area contributed by atoms with Gasteiger partial charge in [-0.1, -0.05) is 6.92 Å². The number of hydrogen-bond acceptors (Lipinski definition) is 7. The fourth-order valence-electron chi connectivity index (χ4n) is 5.21. The number of hydrogen-bond donors (Lipinski definition) is 1. The van der Waals surface area contributed by atoms with Gasteiger partial charge >= 0.3 is 10.2 Å². The van der Waals surface area contributed by atoms with E-state index >= 15 is 0 Å². The minimum Gasteiger partial charge on any atom is -0.490 e. The summed E-state index contributed by atoms with van der Waals surface area (Å²) in [5, 5.41) is 0. The first kappa shape index (κ1) is 28.2. The molecular formula is C27H33F2N5O5S. The molecule has 0 spiro atoms. The molecule has 2 aliphatic heterocycles. The highest BCUT2D eigenvalue weighted by Crippen LogP contribution is 2.42. The first-order valence-corrected chi connectivity index (χ1v) is 14.8. The number of imidazole rings is 1. The highest BCUT2D eigenvalue weighted by molar-refractivity contribution is 7.87. The molecule has 0 bridgehead atoms. The quantitative estimate of drug-likeness (QED) is 0.414. The summed E-state index contributed by atoms with van der Waals surface area (Å²) in [7, 11) is -2.65. The Kier molecular flexibility index (Phi) is 8.24. The van der Waals surface area contributed by atoms with E-state index in [1.54, 1.807) is 24.4 Å². The molecule has 1 amide bonds. The lowest BCUT2D eigenvalue weighted by atomic mass is 10.0. The third-order valence-electron chi connectivity index (χ3n) is 7.27. The molecular weight excluding hydrogens is 544 g/mol. The van der Waals surface area contributed by atoms with Gasteiger partial charge in [-0.15, -0.1) is 0 Å². The Balaban J connectivity index is 1.45. The number of carbonyl (C=O) groups excluding carboxylic acids is 1. The van der Waals surface area contributed by atoms with E-state index in [0.29, 0.717) is 55.1 Å². The molecule has 2 aliphatic rings. The van der Waals surface area contributed by atoms with Gasteiger partial charge in [-0.25, -0.2) is 18.5 Å². The third kappa shape index (κ3) is 5.91. The number of aromatic nitrogens is 2. The topological polar surface area (TPSA) is 105 Å². The van der Waals surface area contributed by atoms with Crippen molar-refractivity contribution in [1.82, 2.24) is 18.4 Å². The monoisotopic (exact) mass is 577 g/mol. The lowest BCUT2D eigenvalue weighted by Crippen LogP contribution is -2.42. The molecule has 1 N–H and O–H groups in total. The zero-order valence-electron chi connectivity index (χ0n) is 22.4. The molecule has 10 nitrogen and oxygen atoms in total.